The Morgan fingerprint density at radius 2 is 1.84 bits per heavy atom. The van der Waals surface area contributed by atoms with Crippen LogP contribution in [0.25, 0.3) is 27.9 Å². The number of anilines is 3. The molecule has 5 heterocycles. The van der Waals surface area contributed by atoms with E-state index in [4.69, 9.17) is 10.5 Å². The fraction of sp³-hybridized carbons (Fsp3) is 0.333. The number of rotatable bonds is 6. The number of hydrogen-bond donors (Lipinski definition) is 3. The molecule has 0 atom stereocenters. The lowest BCUT2D eigenvalue weighted by molar-refractivity contribution is -0.139. The zero-order chi connectivity index (χ0) is 31.2. The number of ether oxygens (including phenoxy) is 1. The van der Waals surface area contributed by atoms with Crippen molar-refractivity contribution >= 4 is 39.9 Å². The van der Waals surface area contributed by atoms with Crippen molar-refractivity contribution in [3.8, 4) is 17.0 Å². The third-order valence-electron chi connectivity index (χ3n) is 7.77. The molecule has 0 radical (unpaired) electrons. The van der Waals surface area contributed by atoms with E-state index in [1.54, 1.807) is 28.9 Å². The number of imidazole rings is 1. The third kappa shape index (κ3) is 5.60. The van der Waals surface area contributed by atoms with Crippen LogP contribution in [0.1, 0.15) is 38.3 Å². The lowest BCUT2D eigenvalue weighted by Crippen LogP contribution is -2.36. The number of carbonyl (C=O) groups excluding carboxylic acids is 1. The smallest absolute Gasteiger partial charge is 0.420 e. The highest BCUT2D eigenvalue weighted by atomic mass is 19.4. The summed E-state index contributed by atoms with van der Waals surface area (Å²) in [5.74, 6) is 0.0813. The van der Waals surface area contributed by atoms with Gasteiger partial charge in [-0.2, -0.15) is 13.2 Å². The summed E-state index contributed by atoms with van der Waals surface area (Å²) in [5, 5.41) is 5.91. The van der Waals surface area contributed by atoms with Gasteiger partial charge in [-0.1, -0.05) is 0 Å². The van der Waals surface area contributed by atoms with Crippen LogP contribution in [0.5, 0.6) is 5.75 Å². The summed E-state index contributed by atoms with van der Waals surface area (Å²) >= 11 is 0. The maximum absolute atomic E-state index is 14.0. The van der Waals surface area contributed by atoms with Gasteiger partial charge in [-0.15, -0.1) is 0 Å². The van der Waals surface area contributed by atoms with Gasteiger partial charge in [-0.05, 0) is 64.1 Å². The number of benzene rings is 1. The van der Waals surface area contributed by atoms with E-state index in [0.717, 1.165) is 30.4 Å². The number of piperidine rings is 1. The van der Waals surface area contributed by atoms with E-state index in [-0.39, 0.29) is 23.6 Å². The number of aromatic nitrogens is 5. The van der Waals surface area contributed by atoms with Crippen LogP contribution in [0, 0.1) is 0 Å². The second-order valence-corrected chi connectivity index (χ2v) is 11.2. The first-order valence-corrected chi connectivity index (χ1v) is 14.2. The van der Waals surface area contributed by atoms with Crippen LogP contribution < -0.4 is 21.1 Å². The average Bonchev–Trinajstić information content (AvgIpc) is 3.62. The van der Waals surface area contributed by atoms with Crippen LogP contribution in [-0.2, 0) is 6.18 Å². The van der Waals surface area contributed by atoms with Gasteiger partial charge < -0.3 is 30.6 Å². The highest BCUT2D eigenvalue weighted by Crippen LogP contribution is 2.39. The predicted molar refractivity (Wildman–Crippen MR) is 162 cm³/mol. The molecule has 44 heavy (non-hydrogen) atoms. The molecule has 4 N–H and O–H groups in total. The van der Waals surface area contributed by atoms with Crippen molar-refractivity contribution in [1.29, 1.82) is 0 Å². The number of likely N-dealkylation sites (tertiary alicyclic amines) is 1. The van der Waals surface area contributed by atoms with E-state index in [1.807, 2.05) is 31.7 Å². The number of halogens is 3. The molecule has 1 saturated heterocycles. The zero-order valence-corrected chi connectivity index (χ0v) is 24.4. The molecule has 5 aromatic rings. The van der Waals surface area contributed by atoms with E-state index in [2.05, 4.69) is 30.5 Å². The molecule has 0 spiro atoms. The normalized spacial score (nSPS) is 14.9. The summed E-state index contributed by atoms with van der Waals surface area (Å²) in [6.07, 6.45) is 3.00. The number of amides is 2. The summed E-state index contributed by atoms with van der Waals surface area (Å²) in [5.41, 5.74) is 8.28. The van der Waals surface area contributed by atoms with Crippen LogP contribution in [0.15, 0.2) is 55.2 Å². The second kappa shape index (κ2) is 11.3. The lowest BCUT2D eigenvalue weighted by atomic mass is 10.1. The molecule has 2 amide bonds. The first-order chi connectivity index (χ1) is 21.0. The van der Waals surface area contributed by atoms with Crippen molar-refractivity contribution < 1.29 is 22.7 Å². The number of pyridine rings is 1. The number of hydrogen-bond acceptors (Lipinski definition) is 7. The molecule has 14 heteroatoms. The van der Waals surface area contributed by atoms with Gasteiger partial charge in [-0.25, -0.2) is 19.7 Å². The van der Waals surface area contributed by atoms with Gasteiger partial charge >= 0.3 is 12.2 Å². The van der Waals surface area contributed by atoms with E-state index >= 15 is 0 Å². The number of nitrogen functional groups attached to an aromatic ring is 1. The molecule has 1 aliphatic heterocycles. The van der Waals surface area contributed by atoms with E-state index < -0.39 is 17.8 Å². The van der Waals surface area contributed by atoms with E-state index in [0.29, 0.717) is 41.0 Å². The van der Waals surface area contributed by atoms with Crippen LogP contribution >= 0.6 is 0 Å². The Kier molecular flexibility index (Phi) is 7.53. The van der Waals surface area contributed by atoms with Crippen molar-refractivity contribution in [1.82, 2.24) is 28.8 Å². The maximum atomic E-state index is 14.0. The number of nitrogens with zero attached hydrogens (tertiary/aromatic N) is 6. The molecule has 1 aromatic carbocycles. The summed E-state index contributed by atoms with van der Waals surface area (Å²) < 4.78 is 51.5. The fourth-order valence-electron chi connectivity index (χ4n) is 5.53. The number of alkyl halides is 3. The minimum atomic E-state index is -4.67. The van der Waals surface area contributed by atoms with E-state index in [1.165, 1.54) is 18.5 Å². The van der Waals surface area contributed by atoms with Gasteiger partial charge in [0.15, 0.2) is 5.65 Å². The highest BCUT2D eigenvalue weighted by Gasteiger charge is 2.36. The zero-order valence-electron chi connectivity index (χ0n) is 24.4. The summed E-state index contributed by atoms with van der Waals surface area (Å²) in [7, 11) is 1.97. The summed E-state index contributed by atoms with van der Waals surface area (Å²) in [6.45, 7) is 5.57. The molecule has 6 rings (SSSR count). The van der Waals surface area contributed by atoms with Gasteiger partial charge in [0.2, 0.25) is 0 Å². The van der Waals surface area contributed by atoms with Gasteiger partial charge in [-0.3, -0.25) is 4.40 Å². The van der Waals surface area contributed by atoms with Crippen molar-refractivity contribution in [2.75, 3.05) is 36.5 Å². The Bertz CT molecular complexity index is 1840. The standard InChI is InChI=1S/C30H32F3N9O2/c1-17(2)42-15-20(25-26(34)36-16-37-28(25)42)23-6-5-22(27-35-10-13-41(23)27)39-29(43)38-18-4-7-24(21(14-18)30(31,32)33)44-19-8-11-40(3)12-9-19/h4-7,10,13-17,19H,8-9,11-12H2,1-3H3,(H2,34,36,37)(H2,38,39,43). The molecule has 11 nitrogen and oxygen atoms in total. The summed E-state index contributed by atoms with van der Waals surface area (Å²) in [6, 6.07) is 6.38. The minimum Gasteiger partial charge on any atom is -0.490 e. The molecule has 1 aliphatic rings. The third-order valence-corrected chi connectivity index (χ3v) is 7.77. The molecule has 1 fully saturated rings. The number of nitrogens with two attached hydrogens (primary N) is 1. The van der Waals surface area contributed by atoms with Crippen molar-refractivity contribution in [3.63, 3.8) is 0 Å². The number of urea groups is 1. The molecule has 0 unspecified atom stereocenters. The van der Waals surface area contributed by atoms with Crippen LogP contribution in [0.2, 0.25) is 0 Å². The molecular formula is C30H32F3N9O2. The van der Waals surface area contributed by atoms with Crippen LogP contribution in [-0.4, -0.2) is 61.1 Å². The highest BCUT2D eigenvalue weighted by molar-refractivity contribution is 6.03. The Balaban J connectivity index is 1.25. The van der Waals surface area contributed by atoms with Gasteiger partial charge in [0.25, 0.3) is 0 Å². The largest absolute Gasteiger partial charge is 0.490 e. The van der Waals surface area contributed by atoms with Crippen molar-refractivity contribution in [2.45, 2.75) is 45.0 Å². The first kappa shape index (κ1) is 29.2. The number of nitrogens with one attached hydrogen (secondary N) is 2. The Hall–Kier alpha value is -4.85. The van der Waals surface area contributed by atoms with E-state index in [9.17, 15) is 18.0 Å². The second-order valence-electron chi connectivity index (χ2n) is 11.2. The molecule has 0 aliphatic carbocycles. The monoisotopic (exact) mass is 607 g/mol. The number of fused-ring (bicyclic) bond motifs is 2. The van der Waals surface area contributed by atoms with Crippen molar-refractivity contribution in [2.24, 2.45) is 0 Å². The van der Waals surface area contributed by atoms with Gasteiger partial charge in [0.05, 0.1) is 22.3 Å². The Labute approximate surface area is 250 Å². The SMILES string of the molecule is CC(C)n1cc(-c2ccc(NC(=O)Nc3ccc(OC4CCN(C)CC4)c(C(F)(F)F)c3)c3nccn23)c2c(N)ncnc21. The molecule has 230 valence electrons. The quantitative estimate of drug-likeness (QED) is 0.215. The van der Waals surface area contributed by atoms with Crippen LogP contribution in [0.3, 0.4) is 0 Å². The topological polar surface area (TPSA) is 128 Å². The molecular weight excluding hydrogens is 575 g/mol. The summed E-state index contributed by atoms with van der Waals surface area (Å²) in [4.78, 5) is 28.1. The van der Waals surface area contributed by atoms with Gasteiger partial charge in [0, 0.05) is 49.0 Å². The predicted octanol–water partition coefficient (Wildman–Crippen LogP) is 6.04. The molecule has 0 bridgehead atoms. The Morgan fingerprint density at radius 1 is 1.07 bits per heavy atom. The van der Waals surface area contributed by atoms with Gasteiger partial charge in [0.1, 0.15) is 29.6 Å². The average molecular weight is 608 g/mol. The Morgan fingerprint density at radius 3 is 2.57 bits per heavy atom. The fourth-order valence-corrected chi connectivity index (χ4v) is 5.53. The number of carbonyl (C=O) groups is 1. The lowest BCUT2D eigenvalue weighted by Gasteiger charge is -2.30. The minimum absolute atomic E-state index is 0.0292. The first-order valence-electron chi connectivity index (χ1n) is 14.2. The maximum Gasteiger partial charge on any atom is 0.420 e. The molecule has 4 aromatic heterocycles. The van der Waals surface area contributed by atoms with Crippen LogP contribution in [0.4, 0.5) is 35.2 Å². The molecule has 0 saturated carbocycles. The van der Waals surface area contributed by atoms with Crippen molar-refractivity contribution in [3.05, 3.63) is 60.8 Å².